The largest absolute Gasteiger partial charge is 0.384 e. The van der Waals surface area contributed by atoms with Gasteiger partial charge in [-0.3, -0.25) is 4.79 Å². The third-order valence-electron chi connectivity index (χ3n) is 4.44. The highest BCUT2D eigenvalue weighted by Gasteiger charge is 2.31. The van der Waals surface area contributed by atoms with Crippen molar-refractivity contribution in [1.82, 2.24) is 15.0 Å². The smallest absolute Gasteiger partial charge is 0.252 e. The van der Waals surface area contributed by atoms with Crippen LogP contribution in [0.1, 0.15) is 37.4 Å². The Balaban J connectivity index is 1.37. The number of hydrogen-bond donors (Lipinski definition) is 0. The van der Waals surface area contributed by atoms with Gasteiger partial charge in [0, 0.05) is 33.2 Å². The van der Waals surface area contributed by atoms with Crippen molar-refractivity contribution in [2.45, 2.75) is 50.9 Å². The van der Waals surface area contributed by atoms with Crippen LogP contribution in [0.25, 0.3) is 0 Å². The molecule has 0 spiro atoms. The Bertz CT molecular complexity index is 522. The minimum atomic E-state index is -0.230. The van der Waals surface area contributed by atoms with E-state index >= 15 is 0 Å². The molecule has 8 nitrogen and oxygen atoms in total. The summed E-state index contributed by atoms with van der Waals surface area (Å²) in [5.41, 5.74) is 0. The Morgan fingerprint density at radius 3 is 2.88 bits per heavy atom. The maximum atomic E-state index is 12.3. The molecule has 1 unspecified atom stereocenters. The molecule has 1 aromatic rings. The molecule has 0 N–H and O–H groups in total. The molecule has 0 radical (unpaired) electrons. The van der Waals surface area contributed by atoms with Gasteiger partial charge in [-0.2, -0.15) is 4.98 Å². The van der Waals surface area contributed by atoms with Crippen molar-refractivity contribution < 1.29 is 23.5 Å². The molecule has 0 aromatic carbocycles. The summed E-state index contributed by atoms with van der Waals surface area (Å²) < 4.78 is 21.5. The zero-order valence-electron chi connectivity index (χ0n) is 14.1. The van der Waals surface area contributed by atoms with Gasteiger partial charge in [-0.05, 0) is 25.7 Å². The van der Waals surface area contributed by atoms with Gasteiger partial charge in [-0.25, -0.2) is 0 Å². The second-order valence-electron chi connectivity index (χ2n) is 6.18. The summed E-state index contributed by atoms with van der Waals surface area (Å²) >= 11 is 0. The molecular weight excluding hydrogens is 314 g/mol. The van der Waals surface area contributed by atoms with E-state index in [2.05, 4.69) is 10.1 Å². The summed E-state index contributed by atoms with van der Waals surface area (Å²) in [7, 11) is 1.64. The molecule has 0 aliphatic carbocycles. The minimum Gasteiger partial charge on any atom is -0.384 e. The van der Waals surface area contributed by atoms with E-state index in [9.17, 15) is 4.79 Å². The van der Waals surface area contributed by atoms with Crippen molar-refractivity contribution in [3.63, 3.8) is 0 Å². The first kappa shape index (κ1) is 17.3. The molecule has 24 heavy (non-hydrogen) atoms. The summed E-state index contributed by atoms with van der Waals surface area (Å²) in [6.07, 6.45) is 3.99. The first-order valence-electron chi connectivity index (χ1n) is 8.58. The number of rotatable bonds is 7. The normalized spacial score (nSPS) is 22.2. The van der Waals surface area contributed by atoms with Crippen LogP contribution in [-0.2, 0) is 32.0 Å². The van der Waals surface area contributed by atoms with Gasteiger partial charge in [-0.1, -0.05) is 5.16 Å². The Morgan fingerprint density at radius 2 is 2.17 bits per heavy atom. The summed E-state index contributed by atoms with van der Waals surface area (Å²) in [5.74, 6) is 1.25. The Kier molecular flexibility index (Phi) is 6.17. The van der Waals surface area contributed by atoms with E-state index in [1.54, 1.807) is 7.11 Å². The maximum absolute atomic E-state index is 12.3. The molecule has 1 aromatic heterocycles. The lowest BCUT2D eigenvalue weighted by atomic mass is 10.1. The van der Waals surface area contributed by atoms with Crippen molar-refractivity contribution >= 4 is 5.91 Å². The van der Waals surface area contributed by atoms with Crippen molar-refractivity contribution in [3.8, 4) is 0 Å². The van der Waals surface area contributed by atoms with Crippen molar-refractivity contribution in [2.75, 3.05) is 33.4 Å². The van der Waals surface area contributed by atoms with Crippen LogP contribution >= 0.6 is 0 Å². The van der Waals surface area contributed by atoms with Gasteiger partial charge >= 0.3 is 0 Å². The average molecular weight is 339 g/mol. The number of methoxy groups -OCH3 is 1. The van der Waals surface area contributed by atoms with Crippen molar-refractivity contribution in [3.05, 3.63) is 11.7 Å². The van der Waals surface area contributed by atoms with E-state index in [1.165, 1.54) is 0 Å². The average Bonchev–Trinajstić information content (AvgIpc) is 3.30. The predicted octanol–water partition coefficient (Wildman–Crippen LogP) is 0.945. The fraction of sp³-hybridized carbons (Fsp3) is 0.812. The monoisotopic (exact) mass is 339 g/mol. The Morgan fingerprint density at radius 1 is 1.33 bits per heavy atom. The van der Waals surface area contributed by atoms with E-state index in [4.69, 9.17) is 18.7 Å². The van der Waals surface area contributed by atoms with Gasteiger partial charge < -0.3 is 23.6 Å². The summed E-state index contributed by atoms with van der Waals surface area (Å²) in [4.78, 5) is 18.5. The van der Waals surface area contributed by atoms with Crippen LogP contribution in [0.15, 0.2) is 4.52 Å². The molecule has 2 aliphatic rings. The molecule has 8 heteroatoms. The number of ether oxygens (including phenoxy) is 3. The van der Waals surface area contributed by atoms with E-state index in [0.29, 0.717) is 51.0 Å². The van der Waals surface area contributed by atoms with Crippen LogP contribution in [0, 0.1) is 0 Å². The van der Waals surface area contributed by atoms with Gasteiger partial charge in [0.1, 0.15) is 12.7 Å². The molecule has 2 aliphatic heterocycles. The van der Waals surface area contributed by atoms with E-state index in [-0.39, 0.29) is 18.1 Å². The number of carbonyl (C=O) groups excluding carboxylic acids is 1. The molecule has 3 heterocycles. The lowest BCUT2D eigenvalue weighted by Gasteiger charge is -2.33. The highest BCUT2D eigenvalue weighted by atomic mass is 16.5. The summed E-state index contributed by atoms with van der Waals surface area (Å²) in [6, 6.07) is 0. The van der Waals surface area contributed by atoms with E-state index in [1.807, 2.05) is 4.90 Å². The fourth-order valence-electron chi connectivity index (χ4n) is 3.05. The number of hydrogen-bond acceptors (Lipinski definition) is 7. The number of likely N-dealkylation sites (tertiary alicyclic amines) is 1. The molecule has 2 fully saturated rings. The number of aromatic nitrogens is 2. The molecule has 2 saturated heterocycles. The first-order valence-corrected chi connectivity index (χ1v) is 8.58. The third kappa shape index (κ3) is 4.52. The molecule has 0 bridgehead atoms. The minimum absolute atomic E-state index is 0.118. The molecular formula is C16H25N3O5. The number of amides is 1. The number of carbonyl (C=O) groups is 1. The molecule has 1 amide bonds. The lowest BCUT2D eigenvalue weighted by Crippen LogP contribution is -2.45. The molecule has 3 rings (SSSR count). The van der Waals surface area contributed by atoms with Crippen LogP contribution in [0.3, 0.4) is 0 Å². The van der Waals surface area contributed by atoms with Gasteiger partial charge in [0.05, 0.1) is 12.7 Å². The highest BCUT2D eigenvalue weighted by molar-refractivity contribution is 5.81. The third-order valence-corrected chi connectivity index (χ3v) is 4.44. The zero-order chi connectivity index (χ0) is 16.8. The predicted molar refractivity (Wildman–Crippen MR) is 83.2 cm³/mol. The van der Waals surface area contributed by atoms with Gasteiger partial charge in [0.2, 0.25) is 0 Å². The first-order chi connectivity index (χ1) is 11.8. The second kappa shape index (κ2) is 8.55. The summed E-state index contributed by atoms with van der Waals surface area (Å²) in [5, 5.41) is 3.88. The summed E-state index contributed by atoms with van der Waals surface area (Å²) in [6.45, 7) is 3.01. The quantitative estimate of drug-likeness (QED) is 0.731. The van der Waals surface area contributed by atoms with Gasteiger partial charge in [0.15, 0.2) is 5.82 Å². The second-order valence-corrected chi connectivity index (χ2v) is 6.18. The van der Waals surface area contributed by atoms with Crippen LogP contribution in [0.5, 0.6) is 0 Å². The number of nitrogens with zero attached hydrogens (tertiary/aromatic N) is 3. The fourth-order valence-corrected chi connectivity index (χ4v) is 3.05. The lowest BCUT2D eigenvalue weighted by molar-refractivity contribution is -0.143. The molecule has 1 atom stereocenters. The zero-order valence-corrected chi connectivity index (χ0v) is 14.1. The van der Waals surface area contributed by atoms with Crippen LogP contribution in [0.4, 0.5) is 0 Å². The van der Waals surface area contributed by atoms with E-state index < -0.39 is 0 Å². The maximum Gasteiger partial charge on any atom is 0.252 e. The van der Waals surface area contributed by atoms with Crippen molar-refractivity contribution in [1.29, 1.82) is 0 Å². The van der Waals surface area contributed by atoms with Gasteiger partial charge in [0.25, 0.3) is 11.8 Å². The van der Waals surface area contributed by atoms with Crippen LogP contribution in [-0.4, -0.2) is 66.6 Å². The highest BCUT2D eigenvalue weighted by Crippen LogP contribution is 2.20. The Hall–Kier alpha value is -1.51. The molecule has 0 saturated carbocycles. The van der Waals surface area contributed by atoms with Crippen molar-refractivity contribution in [2.24, 2.45) is 0 Å². The van der Waals surface area contributed by atoms with Gasteiger partial charge in [-0.15, -0.1) is 0 Å². The Labute approximate surface area is 141 Å². The van der Waals surface area contributed by atoms with Crippen LogP contribution < -0.4 is 0 Å². The molecule has 134 valence electrons. The number of piperidine rings is 1. The SMILES string of the molecule is COCCc1noc(COC2CCN(C(=O)C3CCCO3)CC2)n1. The van der Waals surface area contributed by atoms with E-state index in [0.717, 1.165) is 25.7 Å². The topological polar surface area (TPSA) is 86.9 Å². The standard InChI is InChI=1S/C16H25N3O5/c1-21-10-6-14-17-15(24-18-14)11-23-12-4-7-19(8-5-12)16(20)13-3-2-9-22-13/h12-13H,2-11H2,1H3. The van der Waals surface area contributed by atoms with Crippen LogP contribution in [0.2, 0.25) is 0 Å².